The number of anilines is 1. The molecule has 0 bridgehead atoms. The largest absolute Gasteiger partial charge is 0.280 e. The van der Waals surface area contributed by atoms with E-state index in [0.29, 0.717) is 17.4 Å². The van der Waals surface area contributed by atoms with Gasteiger partial charge in [-0.15, -0.1) is 0 Å². The second-order valence-electron chi connectivity index (χ2n) is 5.26. The Bertz CT molecular complexity index is 1040. The maximum absolute atomic E-state index is 13.2. The fraction of sp³-hybridized carbons (Fsp3) is 0. The third kappa shape index (κ3) is 4.28. The highest BCUT2D eigenvalue weighted by Crippen LogP contribution is 2.22. The van der Waals surface area contributed by atoms with Crippen LogP contribution >= 0.6 is 0 Å². The molecule has 8 heteroatoms. The van der Waals surface area contributed by atoms with Crippen molar-refractivity contribution in [3.63, 3.8) is 0 Å². The minimum atomic E-state index is -4.03. The summed E-state index contributed by atoms with van der Waals surface area (Å²) in [7, 11) is -4.03. The Balaban J connectivity index is 1.74. The highest BCUT2D eigenvalue weighted by atomic mass is 32.2. The SMILES string of the molecule is O=S(=O)(Nc1ccc(N=Nc2ccccc2)cc1)c1ccc(F)c(F)c1. The number of nitrogens with one attached hydrogen (secondary N) is 1. The molecule has 0 fully saturated rings. The van der Waals surface area contributed by atoms with Gasteiger partial charge >= 0.3 is 0 Å². The van der Waals surface area contributed by atoms with E-state index in [-0.39, 0.29) is 10.6 Å². The lowest BCUT2D eigenvalue weighted by Crippen LogP contribution is -2.13. The topological polar surface area (TPSA) is 70.9 Å². The molecule has 1 N–H and O–H groups in total. The van der Waals surface area contributed by atoms with Crippen LogP contribution in [0.5, 0.6) is 0 Å². The van der Waals surface area contributed by atoms with Gasteiger partial charge in [0, 0.05) is 5.69 Å². The summed E-state index contributed by atoms with van der Waals surface area (Å²) in [5.74, 6) is -2.35. The minimum Gasteiger partial charge on any atom is -0.280 e. The molecule has 132 valence electrons. The predicted octanol–water partition coefficient (Wildman–Crippen LogP) is 5.18. The molecule has 0 aliphatic rings. The average molecular weight is 373 g/mol. The number of hydrogen-bond donors (Lipinski definition) is 1. The first-order valence-corrected chi connectivity index (χ1v) is 8.97. The van der Waals surface area contributed by atoms with E-state index in [9.17, 15) is 17.2 Å². The molecule has 26 heavy (non-hydrogen) atoms. The van der Waals surface area contributed by atoms with E-state index in [2.05, 4.69) is 15.0 Å². The maximum Gasteiger partial charge on any atom is 0.261 e. The molecule has 0 heterocycles. The van der Waals surface area contributed by atoms with Gasteiger partial charge in [0.05, 0.1) is 16.3 Å². The van der Waals surface area contributed by atoms with Gasteiger partial charge < -0.3 is 0 Å². The molecule has 3 aromatic carbocycles. The molecular weight excluding hydrogens is 360 g/mol. The van der Waals surface area contributed by atoms with Crippen LogP contribution < -0.4 is 4.72 Å². The first kappa shape index (κ1) is 17.7. The predicted molar refractivity (Wildman–Crippen MR) is 94.2 cm³/mol. The van der Waals surface area contributed by atoms with Crippen LogP contribution in [-0.2, 0) is 10.0 Å². The Morgan fingerprint density at radius 1 is 0.731 bits per heavy atom. The van der Waals surface area contributed by atoms with Crippen LogP contribution in [0.15, 0.2) is 87.9 Å². The quantitative estimate of drug-likeness (QED) is 0.626. The third-order valence-electron chi connectivity index (χ3n) is 3.36. The molecule has 0 aliphatic heterocycles. The van der Waals surface area contributed by atoms with Crippen molar-refractivity contribution in [1.29, 1.82) is 0 Å². The summed E-state index contributed by atoms with van der Waals surface area (Å²) >= 11 is 0. The van der Waals surface area contributed by atoms with Gasteiger partial charge in [0.25, 0.3) is 10.0 Å². The van der Waals surface area contributed by atoms with Gasteiger partial charge in [0.15, 0.2) is 11.6 Å². The molecule has 0 radical (unpaired) electrons. The van der Waals surface area contributed by atoms with Crippen molar-refractivity contribution in [3.05, 3.63) is 84.4 Å². The summed E-state index contributed by atoms with van der Waals surface area (Å²) in [5.41, 5.74) is 1.48. The first-order valence-electron chi connectivity index (χ1n) is 7.49. The van der Waals surface area contributed by atoms with E-state index in [0.717, 1.165) is 12.1 Å². The summed E-state index contributed by atoms with van der Waals surface area (Å²) in [6.45, 7) is 0. The van der Waals surface area contributed by atoms with Crippen LogP contribution in [0, 0.1) is 11.6 Å². The van der Waals surface area contributed by atoms with Gasteiger partial charge in [0.2, 0.25) is 0 Å². The van der Waals surface area contributed by atoms with Crippen molar-refractivity contribution in [1.82, 2.24) is 0 Å². The number of nitrogens with zero attached hydrogens (tertiary/aromatic N) is 2. The van der Waals surface area contributed by atoms with Crippen LogP contribution in [0.3, 0.4) is 0 Å². The number of sulfonamides is 1. The van der Waals surface area contributed by atoms with Crippen molar-refractivity contribution in [2.75, 3.05) is 4.72 Å². The number of benzene rings is 3. The molecule has 0 spiro atoms. The Labute approximate surface area is 149 Å². The fourth-order valence-electron chi connectivity index (χ4n) is 2.06. The Morgan fingerprint density at radius 3 is 1.96 bits per heavy atom. The molecule has 0 aliphatic carbocycles. The van der Waals surface area contributed by atoms with E-state index in [4.69, 9.17) is 0 Å². The van der Waals surface area contributed by atoms with Crippen molar-refractivity contribution in [3.8, 4) is 0 Å². The van der Waals surface area contributed by atoms with Crippen molar-refractivity contribution < 1.29 is 17.2 Å². The molecule has 3 aromatic rings. The van der Waals surface area contributed by atoms with Gasteiger partial charge in [-0.05, 0) is 54.6 Å². The van der Waals surface area contributed by atoms with Crippen LogP contribution in [-0.4, -0.2) is 8.42 Å². The summed E-state index contributed by atoms with van der Waals surface area (Å²) in [6, 6.07) is 17.7. The van der Waals surface area contributed by atoms with Crippen LogP contribution in [0.25, 0.3) is 0 Å². The summed E-state index contributed by atoms with van der Waals surface area (Å²) < 4.78 is 52.9. The molecule has 0 saturated heterocycles. The second kappa shape index (κ2) is 7.40. The lowest BCUT2D eigenvalue weighted by Gasteiger charge is -2.08. The smallest absolute Gasteiger partial charge is 0.261 e. The standard InChI is InChI=1S/C18H13F2N3O2S/c19-17-11-10-16(12-18(17)20)26(24,25)23-15-8-6-14(7-9-15)22-21-13-4-2-1-3-5-13/h1-12,23H. The third-order valence-corrected chi connectivity index (χ3v) is 4.74. The number of halogens is 2. The van der Waals surface area contributed by atoms with E-state index in [1.807, 2.05) is 18.2 Å². The molecule has 0 saturated carbocycles. The number of hydrogen-bond acceptors (Lipinski definition) is 4. The summed E-state index contributed by atoms with van der Waals surface area (Å²) in [6.07, 6.45) is 0. The van der Waals surface area contributed by atoms with E-state index >= 15 is 0 Å². The van der Waals surface area contributed by atoms with Gasteiger partial charge in [-0.3, -0.25) is 4.72 Å². The Morgan fingerprint density at radius 2 is 1.35 bits per heavy atom. The first-order chi connectivity index (χ1) is 12.4. The molecule has 0 atom stereocenters. The Hall–Kier alpha value is -3.13. The average Bonchev–Trinajstić information content (AvgIpc) is 2.64. The van der Waals surface area contributed by atoms with Gasteiger partial charge in [0.1, 0.15) is 0 Å². The van der Waals surface area contributed by atoms with Crippen molar-refractivity contribution >= 4 is 27.1 Å². The molecule has 3 rings (SSSR count). The summed E-state index contributed by atoms with van der Waals surface area (Å²) in [5, 5.41) is 8.11. The monoisotopic (exact) mass is 373 g/mol. The molecule has 0 aromatic heterocycles. The maximum atomic E-state index is 13.2. The lowest BCUT2D eigenvalue weighted by molar-refractivity contribution is 0.504. The Kier molecular flexibility index (Phi) is 5.04. The normalized spacial score (nSPS) is 11.6. The zero-order valence-corrected chi connectivity index (χ0v) is 14.1. The van der Waals surface area contributed by atoms with Gasteiger partial charge in [-0.2, -0.15) is 10.2 Å². The van der Waals surface area contributed by atoms with E-state index in [1.165, 1.54) is 12.1 Å². The highest BCUT2D eigenvalue weighted by Gasteiger charge is 2.16. The summed E-state index contributed by atoms with van der Waals surface area (Å²) in [4.78, 5) is -0.371. The zero-order chi connectivity index (χ0) is 18.6. The second-order valence-corrected chi connectivity index (χ2v) is 6.95. The van der Waals surface area contributed by atoms with Crippen LogP contribution in [0.4, 0.5) is 25.8 Å². The lowest BCUT2D eigenvalue weighted by atomic mass is 10.3. The molecule has 5 nitrogen and oxygen atoms in total. The highest BCUT2D eigenvalue weighted by molar-refractivity contribution is 7.92. The fourth-order valence-corrected chi connectivity index (χ4v) is 3.13. The van der Waals surface area contributed by atoms with Crippen LogP contribution in [0.2, 0.25) is 0 Å². The van der Waals surface area contributed by atoms with E-state index < -0.39 is 21.7 Å². The minimum absolute atomic E-state index is 0.258. The van der Waals surface area contributed by atoms with E-state index in [1.54, 1.807) is 24.3 Å². The molecular formula is C18H13F2N3O2S. The molecule has 0 unspecified atom stereocenters. The van der Waals surface area contributed by atoms with Crippen molar-refractivity contribution in [2.24, 2.45) is 10.2 Å². The van der Waals surface area contributed by atoms with Gasteiger partial charge in [-0.1, -0.05) is 18.2 Å². The number of rotatable bonds is 5. The van der Waals surface area contributed by atoms with Gasteiger partial charge in [-0.25, -0.2) is 17.2 Å². The van der Waals surface area contributed by atoms with Crippen LogP contribution in [0.1, 0.15) is 0 Å². The zero-order valence-electron chi connectivity index (χ0n) is 13.3. The van der Waals surface area contributed by atoms with Crippen molar-refractivity contribution in [2.45, 2.75) is 4.90 Å². The number of azo groups is 1. The molecule has 0 amide bonds.